The highest BCUT2D eigenvalue weighted by Gasteiger charge is 1.84. The first kappa shape index (κ1) is 9.01. The summed E-state index contributed by atoms with van der Waals surface area (Å²) in [5.41, 5.74) is 7.69. The van der Waals surface area contributed by atoms with Crippen molar-refractivity contribution in [2.24, 2.45) is 5.73 Å². The maximum atomic E-state index is 5.53. The molecule has 0 unspecified atom stereocenters. The molecule has 0 aromatic rings. The molecule has 52 valence electrons. The number of rotatable bonds is 2. The van der Waals surface area contributed by atoms with Crippen LogP contribution in [-0.2, 0) is 0 Å². The van der Waals surface area contributed by atoms with Crippen LogP contribution >= 0.6 is 22.6 Å². The lowest BCUT2D eigenvalue weighted by Crippen LogP contribution is -1.92. The molecule has 0 heterocycles. The van der Waals surface area contributed by atoms with Crippen LogP contribution in [0, 0.1) is 0 Å². The van der Waals surface area contributed by atoms with E-state index in [9.17, 15) is 0 Å². The van der Waals surface area contributed by atoms with Crippen molar-refractivity contribution in [1.29, 1.82) is 0 Å². The van der Waals surface area contributed by atoms with Crippen molar-refractivity contribution in [3.8, 4) is 0 Å². The van der Waals surface area contributed by atoms with Gasteiger partial charge in [0.25, 0.3) is 0 Å². The predicted molar refractivity (Wildman–Crippen MR) is 50.6 cm³/mol. The van der Waals surface area contributed by atoms with Crippen molar-refractivity contribution in [3.63, 3.8) is 0 Å². The van der Waals surface area contributed by atoms with Crippen LogP contribution in [0.15, 0.2) is 23.4 Å². The van der Waals surface area contributed by atoms with Gasteiger partial charge in [-0.2, -0.15) is 0 Å². The van der Waals surface area contributed by atoms with E-state index in [1.54, 1.807) is 0 Å². The normalized spacial score (nSPS) is 14.1. The van der Waals surface area contributed by atoms with Crippen molar-refractivity contribution in [2.45, 2.75) is 13.8 Å². The molecular formula is C7H12IN. The monoisotopic (exact) mass is 237 g/mol. The molecule has 0 saturated carbocycles. The first-order valence-corrected chi connectivity index (χ1v) is 4.38. The van der Waals surface area contributed by atoms with Crippen LogP contribution in [-0.4, -0.2) is 4.43 Å². The topological polar surface area (TPSA) is 26.0 Å². The number of halogens is 1. The summed E-state index contributed by atoms with van der Waals surface area (Å²) in [6.45, 7) is 4.01. The first-order valence-electron chi connectivity index (χ1n) is 2.85. The number of nitrogens with two attached hydrogens (primary N) is 1. The fraction of sp³-hybridized carbons (Fsp3) is 0.429. The molecule has 0 spiro atoms. The number of allylic oxidation sites excluding steroid dienone is 3. The summed E-state index contributed by atoms with van der Waals surface area (Å²) in [6.07, 6.45) is 3.89. The molecule has 2 heteroatoms. The fourth-order valence-electron chi connectivity index (χ4n) is 0.406. The average molecular weight is 237 g/mol. The number of alkyl halides is 1. The third-order valence-electron chi connectivity index (χ3n) is 0.957. The molecule has 0 aromatic carbocycles. The lowest BCUT2D eigenvalue weighted by atomic mass is 10.3. The summed E-state index contributed by atoms with van der Waals surface area (Å²) in [7, 11) is 0. The summed E-state index contributed by atoms with van der Waals surface area (Å²) >= 11 is 2.31. The molecule has 0 aromatic heterocycles. The minimum Gasteiger partial charge on any atom is -0.399 e. The molecule has 0 fully saturated rings. The molecule has 0 saturated heterocycles. The second-order valence-electron chi connectivity index (χ2n) is 1.91. The zero-order valence-electron chi connectivity index (χ0n) is 5.82. The molecule has 1 nitrogen and oxygen atoms in total. The van der Waals surface area contributed by atoms with Gasteiger partial charge in [0.15, 0.2) is 0 Å². The summed E-state index contributed by atoms with van der Waals surface area (Å²) in [6, 6.07) is 0. The van der Waals surface area contributed by atoms with Crippen LogP contribution in [0.2, 0.25) is 0 Å². The van der Waals surface area contributed by atoms with Crippen molar-refractivity contribution in [3.05, 3.63) is 23.4 Å². The highest BCUT2D eigenvalue weighted by molar-refractivity contribution is 14.1. The Morgan fingerprint density at radius 1 is 1.67 bits per heavy atom. The van der Waals surface area contributed by atoms with Crippen LogP contribution in [0.4, 0.5) is 0 Å². The van der Waals surface area contributed by atoms with Crippen molar-refractivity contribution < 1.29 is 0 Å². The van der Waals surface area contributed by atoms with Crippen LogP contribution < -0.4 is 5.73 Å². The largest absolute Gasteiger partial charge is 0.399 e. The van der Waals surface area contributed by atoms with Gasteiger partial charge >= 0.3 is 0 Å². The summed E-state index contributed by atoms with van der Waals surface area (Å²) in [5, 5.41) is 0. The van der Waals surface area contributed by atoms with Crippen molar-refractivity contribution in [1.82, 2.24) is 0 Å². The molecule has 0 rings (SSSR count). The minimum absolute atomic E-state index is 0.851. The quantitative estimate of drug-likeness (QED) is 0.445. The third-order valence-corrected chi connectivity index (χ3v) is 2.16. The maximum absolute atomic E-state index is 5.53. The molecule has 9 heavy (non-hydrogen) atoms. The highest BCUT2D eigenvalue weighted by atomic mass is 127. The zero-order chi connectivity index (χ0) is 7.28. The van der Waals surface area contributed by atoms with E-state index in [1.165, 1.54) is 5.57 Å². The second-order valence-corrected chi connectivity index (χ2v) is 2.68. The van der Waals surface area contributed by atoms with Gasteiger partial charge < -0.3 is 5.73 Å². The summed E-state index contributed by atoms with van der Waals surface area (Å²) < 4.78 is 1.05. The average Bonchev–Trinajstić information content (AvgIpc) is 1.87. The van der Waals surface area contributed by atoms with Crippen LogP contribution in [0.25, 0.3) is 0 Å². The van der Waals surface area contributed by atoms with E-state index in [1.807, 2.05) is 19.1 Å². The van der Waals surface area contributed by atoms with Gasteiger partial charge in [-0.15, -0.1) is 0 Å². The van der Waals surface area contributed by atoms with Crippen LogP contribution in [0.5, 0.6) is 0 Å². The number of hydrogen-bond donors (Lipinski definition) is 1. The Balaban J connectivity index is 3.95. The van der Waals surface area contributed by atoms with Gasteiger partial charge in [0.2, 0.25) is 0 Å². The lowest BCUT2D eigenvalue weighted by Gasteiger charge is -1.93. The van der Waals surface area contributed by atoms with Gasteiger partial charge in [0, 0.05) is 10.1 Å². The van der Waals surface area contributed by atoms with Gasteiger partial charge in [-0.3, -0.25) is 0 Å². The molecular weight excluding hydrogens is 225 g/mol. The van der Waals surface area contributed by atoms with Crippen LogP contribution in [0.3, 0.4) is 0 Å². The standard InChI is InChI=1S/C7H12IN/c1-3-7(9)4-6(2)5-8/h3-4H,5,9H2,1-2H3/b6-4-,7-3+. The van der Waals surface area contributed by atoms with E-state index >= 15 is 0 Å². The molecule has 2 N–H and O–H groups in total. The van der Waals surface area contributed by atoms with Crippen LogP contribution in [0.1, 0.15) is 13.8 Å². The van der Waals surface area contributed by atoms with E-state index < -0.39 is 0 Å². The highest BCUT2D eigenvalue weighted by Crippen LogP contribution is 2.00. The lowest BCUT2D eigenvalue weighted by molar-refractivity contribution is 1.33. The number of hydrogen-bond acceptors (Lipinski definition) is 1. The van der Waals surface area contributed by atoms with E-state index in [4.69, 9.17) is 5.73 Å². The molecule has 0 bridgehead atoms. The SMILES string of the molecule is C/C=C(N)\C=C(\C)CI. The molecule has 0 radical (unpaired) electrons. The Labute approximate surface area is 70.2 Å². The Hall–Kier alpha value is 0.01000. The summed E-state index contributed by atoms with van der Waals surface area (Å²) in [4.78, 5) is 0. The van der Waals surface area contributed by atoms with E-state index in [0.717, 1.165) is 10.1 Å². The molecule has 0 aliphatic heterocycles. The predicted octanol–water partition coefficient (Wildman–Crippen LogP) is 2.23. The molecule has 0 atom stereocenters. The Morgan fingerprint density at radius 3 is 2.56 bits per heavy atom. The molecule has 0 aliphatic carbocycles. The van der Waals surface area contributed by atoms with Gasteiger partial charge in [-0.1, -0.05) is 34.2 Å². The molecule has 0 aliphatic rings. The van der Waals surface area contributed by atoms with E-state index in [0.29, 0.717) is 0 Å². The fourth-order valence-corrected chi connectivity index (χ4v) is 0.627. The Bertz CT molecular complexity index is 136. The minimum atomic E-state index is 0.851. The maximum Gasteiger partial charge on any atom is 0.0270 e. The third kappa shape index (κ3) is 4.51. The van der Waals surface area contributed by atoms with Crippen molar-refractivity contribution >= 4 is 22.6 Å². The van der Waals surface area contributed by atoms with Gasteiger partial charge in [0.05, 0.1) is 0 Å². The van der Waals surface area contributed by atoms with Gasteiger partial charge in [-0.25, -0.2) is 0 Å². The second kappa shape index (κ2) is 4.85. The van der Waals surface area contributed by atoms with Crippen molar-refractivity contribution in [2.75, 3.05) is 4.43 Å². The Kier molecular flexibility index (Phi) is 4.85. The van der Waals surface area contributed by atoms with Gasteiger partial charge in [-0.05, 0) is 19.9 Å². The van der Waals surface area contributed by atoms with E-state index in [2.05, 4.69) is 29.5 Å². The smallest absolute Gasteiger partial charge is 0.0270 e. The zero-order valence-corrected chi connectivity index (χ0v) is 7.97. The summed E-state index contributed by atoms with van der Waals surface area (Å²) in [5.74, 6) is 0. The van der Waals surface area contributed by atoms with Gasteiger partial charge in [0.1, 0.15) is 0 Å². The van der Waals surface area contributed by atoms with E-state index in [-0.39, 0.29) is 0 Å². The first-order chi connectivity index (χ1) is 4.20. The molecule has 0 amide bonds. The Morgan fingerprint density at radius 2 is 2.22 bits per heavy atom.